The Balaban J connectivity index is 4.19. The molecule has 0 amide bonds. The highest BCUT2D eigenvalue weighted by Gasteiger charge is 2.21. The van der Waals surface area contributed by atoms with Gasteiger partial charge < -0.3 is 15.1 Å². The van der Waals surface area contributed by atoms with Crippen LogP contribution in [0.5, 0.6) is 0 Å². The molecule has 0 heterocycles. The lowest BCUT2D eigenvalue weighted by atomic mass is 10.2. The Bertz CT molecular complexity index is 214. The van der Waals surface area contributed by atoms with Crippen molar-refractivity contribution < 1.29 is 19.8 Å². The Kier molecular flexibility index (Phi) is 3.95. The molecule has 0 aromatic heterocycles. The highest BCUT2D eigenvalue weighted by atomic mass is 16.7. The molecule has 4 N–H and O–H groups in total. The maximum Gasteiger partial charge on any atom is 0.334 e. The molecule has 0 aliphatic carbocycles. The van der Waals surface area contributed by atoms with Gasteiger partial charge in [-0.25, -0.2) is 4.79 Å². The van der Waals surface area contributed by atoms with E-state index in [1.807, 2.05) is 0 Å². The normalized spacial score (nSPS) is 11.8. The fraction of sp³-hybridized carbons (Fsp3) is 0.333. The minimum Gasteiger partial charge on any atom is -0.478 e. The van der Waals surface area contributed by atoms with Crippen LogP contribution in [-0.2, 0) is 9.63 Å². The molecule has 0 radical (unpaired) electrons. The molecule has 0 fully saturated rings. The van der Waals surface area contributed by atoms with Crippen LogP contribution >= 0.6 is 0 Å². The fourth-order valence-corrected chi connectivity index (χ4v) is 0.441. The first-order valence-corrected chi connectivity index (χ1v) is 3.03. The summed E-state index contributed by atoms with van der Waals surface area (Å²) < 4.78 is 0. The van der Waals surface area contributed by atoms with Crippen LogP contribution in [0.4, 0.5) is 0 Å². The topological polar surface area (TPSA) is 103 Å². The van der Waals surface area contributed by atoms with E-state index in [-0.39, 0.29) is 0 Å². The van der Waals surface area contributed by atoms with E-state index >= 15 is 0 Å². The van der Waals surface area contributed by atoms with Gasteiger partial charge in [0.2, 0.25) is 5.90 Å². The van der Waals surface area contributed by atoms with Crippen molar-refractivity contribution in [3.8, 4) is 0 Å². The summed E-state index contributed by atoms with van der Waals surface area (Å²) in [4.78, 5) is 14.6. The molecular formula is C6H10N2O4. The predicted molar refractivity (Wildman–Crippen MR) is 40.7 cm³/mol. The summed E-state index contributed by atoms with van der Waals surface area (Å²) in [7, 11) is 1.38. The molecule has 68 valence electrons. The zero-order chi connectivity index (χ0) is 9.72. The summed E-state index contributed by atoms with van der Waals surface area (Å²) in [6, 6.07) is 0. The average molecular weight is 174 g/mol. The molecule has 0 saturated heterocycles. The van der Waals surface area contributed by atoms with E-state index in [4.69, 9.17) is 15.6 Å². The van der Waals surface area contributed by atoms with Gasteiger partial charge in [-0.1, -0.05) is 6.58 Å². The highest BCUT2D eigenvalue weighted by molar-refractivity contribution is 5.95. The van der Waals surface area contributed by atoms with Crippen LogP contribution < -0.4 is 5.48 Å². The zero-order valence-electron chi connectivity index (χ0n) is 6.50. The van der Waals surface area contributed by atoms with Crippen LogP contribution in [0.25, 0.3) is 0 Å². The number of carboxylic acid groups (broad SMARTS) is 1. The molecule has 0 aromatic rings. The van der Waals surface area contributed by atoms with E-state index in [1.54, 1.807) is 0 Å². The van der Waals surface area contributed by atoms with Crippen molar-refractivity contribution >= 4 is 11.9 Å². The standard InChI is InChI=1S/C6H10N2O4/c1-3(6(10)11)4(9)5(7)12-8-2/h4,7-9H,1H2,2H3,(H,10,11). The van der Waals surface area contributed by atoms with Gasteiger partial charge in [0.15, 0.2) is 6.10 Å². The van der Waals surface area contributed by atoms with Gasteiger partial charge >= 0.3 is 5.97 Å². The summed E-state index contributed by atoms with van der Waals surface area (Å²) in [5.41, 5.74) is 1.62. The number of hydrogen-bond donors (Lipinski definition) is 4. The summed E-state index contributed by atoms with van der Waals surface area (Å²) >= 11 is 0. The third-order valence-corrected chi connectivity index (χ3v) is 1.07. The molecule has 1 unspecified atom stereocenters. The largest absolute Gasteiger partial charge is 0.478 e. The number of rotatable bonds is 4. The van der Waals surface area contributed by atoms with Gasteiger partial charge in [0, 0.05) is 7.05 Å². The second kappa shape index (κ2) is 4.47. The van der Waals surface area contributed by atoms with Crippen LogP contribution in [0.2, 0.25) is 0 Å². The molecule has 6 nitrogen and oxygen atoms in total. The Hall–Kier alpha value is -1.40. The Labute approximate surface area is 68.9 Å². The van der Waals surface area contributed by atoms with Crippen LogP contribution in [0.3, 0.4) is 0 Å². The quantitative estimate of drug-likeness (QED) is 0.192. The first-order chi connectivity index (χ1) is 5.50. The Morgan fingerprint density at radius 3 is 2.58 bits per heavy atom. The average Bonchev–Trinajstić information content (AvgIpc) is 2.02. The molecule has 0 spiro atoms. The minimum atomic E-state index is -1.62. The monoisotopic (exact) mass is 174 g/mol. The summed E-state index contributed by atoms with van der Waals surface area (Å²) in [5, 5.41) is 24.3. The first-order valence-electron chi connectivity index (χ1n) is 3.03. The van der Waals surface area contributed by atoms with Crippen LogP contribution in [-0.4, -0.2) is 35.2 Å². The van der Waals surface area contributed by atoms with E-state index in [1.165, 1.54) is 7.05 Å². The van der Waals surface area contributed by atoms with Crippen molar-refractivity contribution in [1.82, 2.24) is 5.48 Å². The van der Waals surface area contributed by atoms with Crippen molar-refractivity contribution in [2.24, 2.45) is 0 Å². The number of carbonyl (C=O) groups is 1. The Morgan fingerprint density at radius 1 is 1.75 bits per heavy atom. The van der Waals surface area contributed by atoms with Crippen molar-refractivity contribution in [3.63, 3.8) is 0 Å². The van der Waals surface area contributed by atoms with Crippen molar-refractivity contribution in [1.29, 1.82) is 5.41 Å². The molecule has 0 aromatic carbocycles. The summed E-state index contributed by atoms with van der Waals surface area (Å²) in [5.74, 6) is -1.98. The number of aliphatic hydroxyl groups excluding tert-OH is 1. The third-order valence-electron chi connectivity index (χ3n) is 1.07. The number of aliphatic carboxylic acids is 1. The molecule has 0 bridgehead atoms. The lowest BCUT2D eigenvalue weighted by molar-refractivity contribution is -0.133. The lowest BCUT2D eigenvalue weighted by Crippen LogP contribution is -2.30. The number of aliphatic hydroxyl groups is 1. The van der Waals surface area contributed by atoms with Crippen molar-refractivity contribution in [2.75, 3.05) is 7.05 Å². The molecular weight excluding hydrogens is 164 g/mol. The number of hydrogen-bond acceptors (Lipinski definition) is 5. The van der Waals surface area contributed by atoms with Gasteiger partial charge in [-0.2, -0.15) is 5.48 Å². The molecule has 1 atom stereocenters. The van der Waals surface area contributed by atoms with E-state index in [0.717, 1.165) is 0 Å². The van der Waals surface area contributed by atoms with E-state index in [0.29, 0.717) is 0 Å². The van der Waals surface area contributed by atoms with Crippen molar-refractivity contribution in [2.45, 2.75) is 6.10 Å². The summed E-state index contributed by atoms with van der Waals surface area (Å²) in [6.45, 7) is 3.06. The highest BCUT2D eigenvalue weighted by Crippen LogP contribution is 2.00. The molecule has 0 rings (SSSR count). The molecule has 0 saturated carbocycles. The molecule has 0 aliphatic rings. The first kappa shape index (κ1) is 10.6. The second-order valence-electron chi connectivity index (χ2n) is 1.90. The van der Waals surface area contributed by atoms with Gasteiger partial charge in [0.25, 0.3) is 0 Å². The lowest BCUT2D eigenvalue weighted by Gasteiger charge is -2.10. The minimum absolute atomic E-state index is 0.504. The SMILES string of the molecule is C=C(C(=O)O)C(O)C(=N)ONC. The van der Waals surface area contributed by atoms with Gasteiger partial charge in [-0.3, -0.25) is 5.41 Å². The van der Waals surface area contributed by atoms with E-state index in [2.05, 4.69) is 16.9 Å². The maximum absolute atomic E-state index is 10.2. The van der Waals surface area contributed by atoms with Gasteiger partial charge in [0.05, 0.1) is 5.57 Å². The van der Waals surface area contributed by atoms with Crippen LogP contribution in [0.1, 0.15) is 0 Å². The smallest absolute Gasteiger partial charge is 0.334 e. The van der Waals surface area contributed by atoms with Gasteiger partial charge in [-0.05, 0) is 0 Å². The second-order valence-corrected chi connectivity index (χ2v) is 1.90. The predicted octanol–water partition coefficient (Wildman–Crippen LogP) is -0.884. The summed E-state index contributed by atoms with van der Waals surface area (Å²) in [6.07, 6.45) is -1.62. The number of hydroxylamine groups is 1. The number of carboxylic acids is 1. The molecule has 6 heteroatoms. The fourth-order valence-electron chi connectivity index (χ4n) is 0.441. The molecule has 12 heavy (non-hydrogen) atoms. The van der Waals surface area contributed by atoms with E-state index < -0.39 is 23.5 Å². The Morgan fingerprint density at radius 2 is 2.25 bits per heavy atom. The van der Waals surface area contributed by atoms with Gasteiger partial charge in [-0.15, -0.1) is 0 Å². The van der Waals surface area contributed by atoms with Crippen molar-refractivity contribution in [3.05, 3.63) is 12.2 Å². The van der Waals surface area contributed by atoms with Crippen LogP contribution in [0.15, 0.2) is 12.2 Å². The van der Waals surface area contributed by atoms with E-state index in [9.17, 15) is 4.79 Å². The molecule has 0 aliphatic heterocycles. The third kappa shape index (κ3) is 2.69. The maximum atomic E-state index is 10.2. The zero-order valence-corrected chi connectivity index (χ0v) is 6.50. The van der Waals surface area contributed by atoms with Crippen LogP contribution in [0, 0.1) is 5.41 Å². The van der Waals surface area contributed by atoms with Gasteiger partial charge in [0.1, 0.15) is 0 Å². The number of nitrogens with one attached hydrogen (secondary N) is 2.